The minimum Gasteiger partial charge on any atom is -0.383 e. The second-order valence-electron chi connectivity index (χ2n) is 3.86. The van der Waals surface area contributed by atoms with Crippen molar-refractivity contribution in [1.29, 1.82) is 0 Å². The van der Waals surface area contributed by atoms with Crippen molar-refractivity contribution in [2.45, 2.75) is 26.4 Å². The van der Waals surface area contributed by atoms with Gasteiger partial charge in [0.1, 0.15) is 6.10 Å². The number of thiophene rings is 1. The van der Waals surface area contributed by atoms with Crippen LogP contribution < -0.4 is 0 Å². The first kappa shape index (κ1) is 11.3. The number of hydrogen-bond donors (Lipinski definition) is 1. The van der Waals surface area contributed by atoms with Crippen LogP contribution in [0.25, 0.3) is 0 Å². The van der Waals surface area contributed by atoms with Gasteiger partial charge in [0.05, 0.1) is 0 Å². The van der Waals surface area contributed by atoms with Crippen molar-refractivity contribution >= 4 is 11.3 Å². The standard InChI is InChI=1S/C13H15NOS/c1-3-11-4-5-12(16-11)13(15)10-6-9(2)7-14-8-10/h4-8,13,15H,3H2,1-2H3. The van der Waals surface area contributed by atoms with E-state index in [1.807, 2.05) is 19.1 Å². The number of nitrogens with zero attached hydrogens (tertiary/aromatic N) is 1. The molecule has 0 aliphatic carbocycles. The topological polar surface area (TPSA) is 33.1 Å². The monoisotopic (exact) mass is 233 g/mol. The summed E-state index contributed by atoms with van der Waals surface area (Å²) in [4.78, 5) is 6.39. The molecule has 2 nitrogen and oxygen atoms in total. The molecule has 0 amide bonds. The molecular weight excluding hydrogens is 218 g/mol. The second-order valence-corrected chi connectivity index (χ2v) is 5.06. The molecule has 1 unspecified atom stereocenters. The molecule has 1 N–H and O–H groups in total. The van der Waals surface area contributed by atoms with Gasteiger partial charge in [-0.15, -0.1) is 11.3 Å². The van der Waals surface area contributed by atoms with Crippen LogP contribution in [-0.4, -0.2) is 10.1 Å². The van der Waals surface area contributed by atoms with E-state index in [2.05, 4.69) is 18.0 Å². The maximum Gasteiger partial charge on any atom is 0.115 e. The van der Waals surface area contributed by atoms with Gasteiger partial charge in [-0.3, -0.25) is 4.98 Å². The van der Waals surface area contributed by atoms with E-state index in [0.717, 1.165) is 22.4 Å². The lowest BCUT2D eigenvalue weighted by atomic mass is 10.1. The summed E-state index contributed by atoms with van der Waals surface area (Å²) in [6.07, 6.45) is 3.99. The van der Waals surface area contributed by atoms with E-state index < -0.39 is 6.10 Å². The largest absolute Gasteiger partial charge is 0.383 e. The van der Waals surface area contributed by atoms with E-state index in [-0.39, 0.29) is 0 Å². The van der Waals surface area contributed by atoms with Crippen LogP contribution in [0.1, 0.15) is 33.9 Å². The third-order valence-corrected chi connectivity index (χ3v) is 3.79. The Balaban J connectivity index is 2.27. The van der Waals surface area contributed by atoms with Crippen molar-refractivity contribution in [2.75, 3.05) is 0 Å². The Hall–Kier alpha value is -1.19. The van der Waals surface area contributed by atoms with Gasteiger partial charge in [0.25, 0.3) is 0 Å². The molecule has 3 heteroatoms. The Kier molecular flexibility index (Phi) is 3.36. The van der Waals surface area contributed by atoms with E-state index in [4.69, 9.17) is 0 Å². The molecule has 0 radical (unpaired) electrons. The zero-order valence-electron chi connectivity index (χ0n) is 9.47. The Bertz CT molecular complexity index is 478. The lowest BCUT2D eigenvalue weighted by Gasteiger charge is -2.08. The van der Waals surface area contributed by atoms with Crippen molar-refractivity contribution in [3.05, 3.63) is 51.5 Å². The summed E-state index contributed by atoms with van der Waals surface area (Å²) in [5, 5.41) is 10.2. The van der Waals surface area contributed by atoms with Crippen LogP contribution in [0.5, 0.6) is 0 Å². The molecule has 1 atom stereocenters. The first-order valence-electron chi connectivity index (χ1n) is 5.39. The second kappa shape index (κ2) is 4.76. The third kappa shape index (κ3) is 2.31. The molecular formula is C13H15NOS. The highest BCUT2D eigenvalue weighted by molar-refractivity contribution is 7.12. The molecule has 2 aromatic rings. The summed E-state index contributed by atoms with van der Waals surface area (Å²) in [5.41, 5.74) is 1.94. The van der Waals surface area contributed by atoms with E-state index in [1.165, 1.54) is 4.88 Å². The number of hydrogen-bond acceptors (Lipinski definition) is 3. The average Bonchev–Trinajstić information content (AvgIpc) is 2.76. The predicted molar refractivity (Wildman–Crippen MR) is 66.7 cm³/mol. The van der Waals surface area contributed by atoms with Crippen LogP contribution in [0.2, 0.25) is 0 Å². The number of aryl methyl sites for hydroxylation is 2. The average molecular weight is 233 g/mol. The van der Waals surface area contributed by atoms with Gasteiger partial charge in [-0.25, -0.2) is 0 Å². The molecule has 0 spiro atoms. The highest BCUT2D eigenvalue weighted by Gasteiger charge is 2.13. The molecule has 2 aromatic heterocycles. The Morgan fingerprint density at radius 3 is 2.81 bits per heavy atom. The van der Waals surface area contributed by atoms with E-state index in [9.17, 15) is 5.11 Å². The first-order chi connectivity index (χ1) is 7.70. The molecule has 84 valence electrons. The first-order valence-corrected chi connectivity index (χ1v) is 6.20. The van der Waals surface area contributed by atoms with Gasteiger partial charge in [0.15, 0.2) is 0 Å². The fourth-order valence-electron chi connectivity index (χ4n) is 1.62. The van der Waals surface area contributed by atoms with E-state index in [1.54, 1.807) is 23.7 Å². The van der Waals surface area contributed by atoms with Gasteiger partial charge in [0.2, 0.25) is 0 Å². The summed E-state index contributed by atoms with van der Waals surface area (Å²) < 4.78 is 0. The van der Waals surface area contributed by atoms with Crippen LogP contribution in [-0.2, 0) is 6.42 Å². The Morgan fingerprint density at radius 2 is 2.19 bits per heavy atom. The Labute approximate surface area is 99.6 Å². The maximum absolute atomic E-state index is 10.2. The Morgan fingerprint density at radius 1 is 1.38 bits per heavy atom. The SMILES string of the molecule is CCc1ccc(C(O)c2cncc(C)c2)s1. The molecule has 2 rings (SSSR count). The molecule has 0 saturated carbocycles. The smallest absolute Gasteiger partial charge is 0.115 e. The highest BCUT2D eigenvalue weighted by atomic mass is 32.1. The zero-order chi connectivity index (χ0) is 11.5. The number of rotatable bonds is 3. The number of aromatic nitrogens is 1. The maximum atomic E-state index is 10.2. The van der Waals surface area contributed by atoms with Crippen LogP contribution >= 0.6 is 11.3 Å². The van der Waals surface area contributed by atoms with Crippen LogP contribution in [0.3, 0.4) is 0 Å². The zero-order valence-corrected chi connectivity index (χ0v) is 10.3. The van der Waals surface area contributed by atoms with Crippen molar-refractivity contribution in [3.63, 3.8) is 0 Å². The summed E-state index contributed by atoms with van der Waals surface area (Å²) >= 11 is 1.66. The van der Waals surface area contributed by atoms with E-state index >= 15 is 0 Å². The summed E-state index contributed by atoms with van der Waals surface area (Å²) in [6.45, 7) is 4.10. The van der Waals surface area contributed by atoms with Crippen LogP contribution in [0, 0.1) is 6.92 Å². The minimum atomic E-state index is -0.544. The van der Waals surface area contributed by atoms with Crippen molar-refractivity contribution in [1.82, 2.24) is 4.98 Å². The summed E-state index contributed by atoms with van der Waals surface area (Å²) in [6, 6.07) is 6.05. The van der Waals surface area contributed by atoms with Crippen molar-refractivity contribution < 1.29 is 5.11 Å². The molecule has 0 aliphatic rings. The van der Waals surface area contributed by atoms with Gasteiger partial charge in [-0.1, -0.05) is 13.0 Å². The van der Waals surface area contributed by atoms with Gasteiger partial charge in [0, 0.05) is 27.7 Å². The number of aliphatic hydroxyl groups is 1. The lowest BCUT2D eigenvalue weighted by molar-refractivity contribution is 0.223. The number of aliphatic hydroxyl groups excluding tert-OH is 1. The van der Waals surface area contributed by atoms with Gasteiger partial charge < -0.3 is 5.11 Å². The van der Waals surface area contributed by atoms with Gasteiger partial charge in [-0.05, 0) is 31.0 Å². The minimum absolute atomic E-state index is 0.544. The third-order valence-electron chi connectivity index (χ3n) is 2.51. The highest BCUT2D eigenvalue weighted by Crippen LogP contribution is 2.28. The fraction of sp³-hybridized carbons (Fsp3) is 0.308. The molecule has 2 heterocycles. The van der Waals surface area contributed by atoms with Crippen LogP contribution in [0.4, 0.5) is 0 Å². The van der Waals surface area contributed by atoms with E-state index in [0.29, 0.717) is 0 Å². The molecule has 0 saturated heterocycles. The van der Waals surface area contributed by atoms with Crippen molar-refractivity contribution in [3.8, 4) is 0 Å². The van der Waals surface area contributed by atoms with Crippen LogP contribution in [0.15, 0.2) is 30.6 Å². The summed E-state index contributed by atoms with van der Waals surface area (Å²) in [7, 11) is 0. The molecule has 0 aromatic carbocycles. The predicted octanol–water partition coefficient (Wildman–Crippen LogP) is 3.10. The quantitative estimate of drug-likeness (QED) is 0.883. The molecule has 0 aliphatic heterocycles. The van der Waals surface area contributed by atoms with Gasteiger partial charge in [-0.2, -0.15) is 0 Å². The normalized spacial score (nSPS) is 12.7. The molecule has 0 fully saturated rings. The molecule has 16 heavy (non-hydrogen) atoms. The fourth-order valence-corrected chi connectivity index (χ4v) is 2.59. The lowest BCUT2D eigenvalue weighted by Crippen LogP contribution is -1.98. The molecule has 0 bridgehead atoms. The van der Waals surface area contributed by atoms with Gasteiger partial charge >= 0.3 is 0 Å². The summed E-state index contributed by atoms with van der Waals surface area (Å²) in [5.74, 6) is 0. The number of pyridine rings is 1. The van der Waals surface area contributed by atoms with Crippen molar-refractivity contribution in [2.24, 2.45) is 0 Å².